The molecule has 20 heavy (non-hydrogen) atoms. The first-order valence-corrected chi connectivity index (χ1v) is 8.01. The van der Waals surface area contributed by atoms with Crippen LogP contribution in [0.3, 0.4) is 0 Å². The van der Waals surface area contributed by atoms with Crippen molar-refractivity contribution in [3.8, 4) is 5.75 Å². The minimum Gasteiger partial charge on any atom is -0.496 e. The number of nitrogens with two attached hydrogens (primary N) is 1. The number of hydrogen-bond donors (Lipinski definition) is 1. The fourth-order valence-electron chi connectivity index (χ4n) is 2.01. The van der Waals surface area contributed by atoms with Gasteiger partial charge in [-0.05, 0) is 67.6 Å². The molecule has 0 saturated heterocycles. The van der Waals surface area contributed by atoms with E-state index in [9.17, 15) is 0 Å². The van der Waals surface area contributed by atoms with Crippen LogP contribution >= 0.6 is 43.5 Å². The second kappa shape index (κ2) is 6.94. The van der Waals surface area contributed by atoms with Gasteiger partial charge < -0.3 is 10.5 Å². The second-order valence-corrected chi connectivity index (χ2v) is 6.51. The van der Waals surface area contributed by atoms with Crippen molar-refractivity contribution in [2.75, 3.05) is 7.11 Å². The molecule has 0 aromatic heterocycles. The zero-order chi connectivity index (χ0) is 14.7. The van der Waals surface area contributed by atoms with Crippen LogP contribution in [-0.4, -0.2) is 7.11 Å². The SMILES string of the molecule is COc1ccc(CC(N)c2cccc(Br)c2Cl)cc1Br. The van der Waals surface area contributed by atoms with Crippen molar-refractivity contribution in [3.05, 3.63) is 61.5 Å². The number of benzene rings is 2. The van der Waals surface area contributed by atoms with Gasteiger partial charge in [0.05, 0.1) is 16.6 Å². The van der Waals surface area contributed by atoms with Gasteiger partial charge in [-0.25, -0.2) is 0 Å². The third-order valence-corrected chi connectivity index (χ3v) is 4.98. The van der Waals surface area contributed by atoms with E-state index in [1.165, 1.54) is 0 Å². The van der Waals surface area contributed by atoms with Crippen LogP contribution in [-0.2, 0) is 6.42 Å². The Kier molecular flexibility index (Phi) is 5.49. The molecule has 2 N–H and O–H groups in total. The van der Waals surface area contributed by atoms with Crippen molar-refractivity contribution in [1.29, 1.82) is 0 Å². The first-order valence-electron chi connectivity index (χ1n) is 6.05. The quantitative estimate of drug-likeness (QED) is 0.747. The normalized spacial score (nSPS) is 12.2. The van der Waals surface area contributed by atoms with Crippen molar-refractivity contribution in [2.45, 2.75) is 12.5 Å². The minimum absolute atomic E-state index is 0.153. The Bertz CT molecular complexity index is 619. The minimum atomic E-state index is -0.153. The van der Waals surface area contributed by atoms with E-state index in [-0.39, 0.29) is 6.04 Å². The summed E-state index contributed by atoms with van der Waals surface area (Å²) in [5.74, 6) is 0.808. The number of methoxy groups -OCH3 is 1. The maximum Gasteiger partial charge on any atom is 0.133 e. The van der Waals surface area contributed by atoms with E-state index in [4.69, 9.17) is 22.1 Å². The van der Waals surface area contributed by atoms with Crippen LogP contribution in [0, 0.1) is 0 Å². The van der Waals surface area contributed by atoms with Gasteiger partial charge in [-0.3, -0.25) is 0 Å². The van der Waals surface area contributed by atoms with Crippen LogP contribution in [0.2, 0.25) is 5.02 Å². The maximum atomic E-state index is 6.28. The van der Waals surface area contributed by atoms with Gasteiger partial charge in [-0.15, -0.1) is 0 Å². The standard InChI is InChI=1S/C15H14Br2ClNO/c1-20-14-6-5-9(7-12(14)17)8-13(19)10-3-2-4-11(16)15(10)18/h2-7,13H,8,19H2,1H3. The van der Waals surface area contributed by atoms with Gasteiger partial charge in [0.2, 0.25) is 0 Å². The fourth-order valence-corrected chi connectivity index (χ4v) is 3.24. The highest BCUT2D eigenvalue weighted by Crippen LogP contribution is 2.32. The number of ether oxygens (including phenoxy) is 1. The molecule has 0 aliphatic carbocycles. The molecule has 0 aliphatic rings. The zero-order valence-electron chi connectivity index (χ0n) is 10.9. The Morgan fingerprint density at radius 3 is 2.60 bits per heavy atom. The van der Waals surface area contributed by atoms with Crippen molar-refractivity contribution in [2.24, 2.45) is 5.73 Å². The summed E-state index contributed by atoms with van der Waals surface area (Å²) in [5.41, 5.74) is 8.33. The van der Waals surface area contributed by atoms with Gasteiger partial charge in [-0.1, -0.05) is 29.8 Å². The Labute approximate surface area is 140 Å². The van der Waals surface area contributed by atoms with Gasteiger partial charge in [0, 0.05) is 10.5 Å². The van der Waals surface area contributed by atoms with Crippen molar-refractivity contribution in [1.82, 2.24) is 0 Å². The highest BCUT2D eigenvalue weighted by atomic mass is 79.9. The summed E-state index contributed by atoms with van der Waals surface area (Å²) in [5, 5.41) is 0.674. The van der Waals surface area contributed by atoms with Crippen molar-refractivity contribution < 1.29 is 4.74 Å². The Morgan fingerprint density at radius 2 is 1.95 bits per heavy atom. The molecule has 0 heterocycles. The predicted octanol–water partition coefficient (Wildman–Crippen LogP) is 5.12. The molecule has 0 radical (unpaired) electrons. The van der Waals surface area contributed by atoms with Crippen LogP contribution in [0.5, 0.6) is 5.75 Å². The van der Waals surface area contributed by atoms with E-state index in [1.54, 1.807) is 7.11 Å². The summed E-state index contributed by atoms with van der Waals surface area (Å²) in [4.78, 5) is 0. The first-order chi connectivity index (χ1) is 9.52. The molecule has 2 aromatic carbocycles. The molecule has 106 valence electrons. The molecule has 1 atom stereocenters. The lowest BCUT2D eigenvalue weighted by molar-refractivity contribution is 0.412. The van der Waals surface area contributed by atoms with E-state index in [0.717, 1.165) is 25.8 Å². The summed E-state index contributed by atoms with van der Waals surface area (Å²) in [6.07, 6.45) is 0.707. The van der Waals surface area contributed by atoms with E-state index in [0.29, 0.717) is 11.4 Å². The van der Waals surface area contributed by atoms with Gasteiger partial charge in [0.25, 0.3) is 0 Å². The Hall–Kier alpha value is -0.550. The molecule has 0 saturated carbocycles. The summed E-state index contributed by atoms with van der Waals surface area (Å²) >= 11 is 13.2. The van der Waals surface area contributed by atoms with Crippen LogP contribution < -0.4 is 10.5 Å². The lowest BCUT2D eigenvalue weighted by Crippen LogP contribution is -2.14. The fraction of sp³-hybridized carbons (Fsp3) is 0.200. The molecule has 2 aromatic rings. The van der Waals surface area contributed by atoms with Crippen molar-refractivity contribution >= 4 is 43.5 Å². The van der Waals surface area contributed by atoms with E-state index < -0.39 is 0 Å². The molecule has 0 amide bonds. The Balaban J connectivity index is 2.21. The molecule has 2 nitrogen and oxygen atoms in total. The maximum absolute atomic E-state index is 6.28. The Morgan fingerprint density at radius 1 is 1.20 bits per heavy atom. The van der Waals surface area contributed by atoms with Gasteiger partial charge >= 0.3 is 0 Å². The summed E-state index contributed by atoms with van der Waals surface area (Å²) in [7, 11) is 1.65. The molecule has 0 fully saturated rings. The topological polar surface area (TPSA) is 35.2 Å². The molecular weight excluding hydrogens is 405 g/mol. The molecule has 0 aliphatic heterocycles. The smallest absolute Gasteiger partial charge is 0.133 e. The van der Waals surface area contributed by atoms with E-state index in [2.05, 4.69) is 31.9 Å². The van der Waals surface area contributed by atoms with Gasteiger partial charge in [-0.2, -0.15) is 0 Å². The second-order valence-electron chi connectivity index (χ2n) is 4.42. The summed E-state index contributed by atoms with van der Waals surface area (Å²) < 4.78 is 7.00. The van der Waals surface area contributed by atoms with Crippen LogP contribution in [0.4, 0.5) is 0 Å². The monoisotopic (exact) mass is 417 g/mol. The summed E-state index contributed by atoms with van der Waals surface area (Å²) in [6.45, 7) is 0. The lowest BCUT2D eigenvalue weighted by Gasteiger charge is -2.15. The highest BCUT2D eigenvalue weighted by molar-refractivity contribution is 9.10. The molecule has 1 unspecified atom stereocenters. The average molecular weight is 420 g/mol. The first kappa shape index (κ1) is 15.8. The number of rotatable bonds is 4. The third-order valence-electron chi connectivity index (χ3n) is 3.05. The molecular formula is C15H14Br2ClNO. The lowest BCUT2D eigenvalue weighted by atomic mass is 9.99. The number of hydrogen-bond acceptors (Lipinski definition) is 2. The molecule has 5 heteroatoms. The van der Waals surface area contributed by atoms with Crippen LogP contribution in [0.25, 0.3) is 0 Å². The summed E-state index contributed by atoms with van der Waals surface area (Å²) in [6, 6.07) is 11.6. The third kappa shape index (κ3) is 3.55. The van der Waals surface area contributed by atoms with E-state index >= 15 is 0 Å². The largest absolute Gasteiger partial charge is 0.496 e. The van der Waals surface area contributed by atoms with Crippen LogP contribution in [0.15, 0.2) is 45.3 Å². The highest BCUT2D eigenvalue weighted by Gasteiger charge is 2.13. The van der Waals surface area contributed by atoms with Gasteiger partial charge in [0.15, 0.2) is 0 Å². The van der Waals surface area contributed by atoms with Gasteiger partial charge in [0.1, 0.15) is 5.75 Å². The predicted molar refractivity (Wildman–Crippen MR) is 90.5 cm³/mol. The van der Waals surface area contributed by atoms with E-state index in [1.807, 2.05) is 36.4 Å². The van der Waals surface area contributed by atoms with Crippen LogP contribution in [0.1, 0.15) is 17.2 Å². The molecule has 0 bridgehead atoms. The average Bonchev–Trinajstić information content (AvgIpc) is 2.42. The molecule has 2 rings (SSSR count). The zero-order valence-corrected chi connectivity index (χ0v) is 14.8. The molecule has 0 spiro atoms. The number of halogens is 3. The van der Waals surface area contributed by atoms with Crippen molar-refractivity contribution in [3.63, 3.8) is 0 Å².